The highest BCUT2D eigenvalue weighted by Crippen LogP contribution is 2.18. The van der Waals surface area contributed by atoms with E-state index in [0.29, 0.717) is 0 Å². The molecule has 1 aromatic carbocycles. The van der Waals surface area contributed by atoms with Gasteiger partial charge in [0.05, 0.1) is 11.1 Å². The van der Waals surface area contributed by atoms with E-state index in [4.69, 9.17) is 10.2 Å². The Balaban J connectivity index is 3.22. The van der Waals surface area contributed by atoms with Gasteiger partial charge in [-0.05, 0) is 18.2 Å². The van der Waals surface area contributed by atoms with Gasteiger partial charge >= 0.3 is 17.9 Å². The Morgan fingerprint density at radius 3 is 2.06 bits per heavy atom. The van der Waals surface area contributed by atoms with E-state index in [2.05, 4.69) is 4.74 Å². The van der Waals surface area contributed by atoms with E-state index in [1.165, 1.54) is 6.07 Å². The summed E-state index contributed by atoms with van der Waals surface area (Å²) in [5.41, 5.74) is -0.783. The summed E-state index contributed by atoms with van der Waals surface area (Å²) in [5, 5.41) is 17.5. The van der Waals surface area contributed by atoms with Crippen molar-refractivity contribution in [3.8, 4) is 5.75 Å². The third-order valence-corrected chi connectivity index (χ3v) is 1.71. The van der Waals surface area contributed by atoms with Gasteiger partial charge in [0.25, 0.3) is 0 Å². The number of aromatic carboxylic acids is 2. The molecule has 0 aliphatic carbocycles. The van der Waals surface area contributed by atoms with Gasteiger partial charge in [-0.25, -0.2) is 9.59 Å². The molecule has 2 N–H and O–H groups in total. The molecule has 1 rings (SSSR count). The van der Waals surface area contributed by atoms with Gasteiger partial charge in [-0.2, -0.15) is 0 Å². The van der Waals surface area contributed by atoms with Crippen molar-refractivity contribution in [2.45, 2.75) is 6.92 Å². The summed E-state index contributed by atoms with van der Waals surface area (Å²) in [6.45, 7) is 1.16. The number of hydrogen-bond acceptors (Lipinski definition) is 4. The predicted molar refractivity (Wildman–Crippen MR) is 51.7 cm³/mol. The average molecular weight is 224 g/mol. The second-order valence-corrected chi connectivity index (χ2v) is 2.91. The molecule has 0 heterocycles. The number of carbonyl (C=O) groups excluding carboxylic acids is 1. The maximum Gasteiger partial charge on any atom is 0.336 e. The number of carboxylic acids is 2. The lowest BCUT2D eigenvalue weighted by molar-refractivity contribution is -0.131. The molecule has 0 radical (unpaired) electrons. The zero-order valence-corrected chi connectivity index (χ0v) is 8.26. The first-order valence-electron chi connectivity index (χ1n) is 4.21. The van der Waals surface area contributed by atoms with Crippen LogP contribution in [0.3, 0.4) is 0 Å². The van der Waals surface area contributed by atoms with Crippen molar-refractivity contribution in [3.63, 3.8) is 0 Å². The van der Waals surface area contributed by atoms with Crippen LogP contribution in [-0.2, 0) is 4.79 Å². The van der Waals surface area contributed by atoms with Gasteiger partial charge in [-0.3, -0.25) is 4.79 Å². The molecular formula is C10H8O6. The molecule has 0 fully saturated rings. The lowest BCUT2D eigenvalue weighted by Crippen LogP contribution is -2.09. The van der Waals surface area contributed by atoms with E-state index in [1.807, 2.05) is 0 Å². The second-order valence-electron chi connectivity index (χ2n) is 2.91. The highest BCUT2D eigenvalue weighted by molar-refractivity contribution is 6.02. The van der Waals surface area contributed by atoms with Crippen LogP contribution >= 0.6 is 0 Å². The molecular weight excluding hydrogens is 216 g/mol. The van der Waals surface area contributed by atoms with Gasteiger partial charge in [-0.1, -0.05) is 0 Å². The number of ether oxygens (including phenoxy) is 1. The van der Waals surface area contributed by atoms with Crippen LogP contribution < -0.4 is 4.74 Å². The molecule has 0 aliphatic heterocycles. The smallest absolute Gasteiger partial charge is 0.336 e. The van der Waals surface area contributed by atoms with Crippen LogP contribution in [0.15, 0.2) is 18.2 Å². The molecule has 0 unspecified atom stereocenters. The molecule has 6 nitrogen and oxygen atoms in total. The Bertz CT molecular complexity index is 462. The number of carbonyl (C=O) groups is 3. The second kappa shape index (κ2) is 4.43. The number of esters is 1. The van der Waals surface area contributed by atoms with Crippen molar-refractivity contribution in [1.29, 1.82) is 0 Å². The molecule has 6 heteroatoms. The Hall–Kier alpha value is -2.37. The highest BCUT2D eigenvalue weighted by atomic mass is 16.5. The van der Waals surface area contributed by atoms with Crippen LogP contribution in [0, 0.1) is 0 Å². The standard InChI is InChI=1S/C10H8O6/c1-5(11)16-6-2-3-7(9(12)13)8(4-6)10(14)15/h2-4H,1H3,(H,12,13)(H,14,15). The first-order valence-corrected chi connectivity index (χ1v) is 4.21. The van der Waals surface area contributed by atoms with E-state index < -0.39 is 23.5 Å². The van der Waals surface area contributed by atoms with E-state index in [9.17, 15) is 14.4 Å². The maximum absolute atomic E-state index is 10.8. The minimum atomic E-state index is -1.40. The largest absolute Gasteiger partial charge is 0.478 e. The first kappa shape index (κ1) is 11.7. The number of benzene rings is 1. The third kappa shape index (κ3) is 2.57. The van der Waals surface area contributed by atoms with E-state index in [1.54, 1.807) is 0 Å². The Kier molecular flexibility index (Phi) is 3.24. The van der Waals surface area contributed by atoms with Gasteiger partial charge in [0.15, 0.2) is 0 Å². The van der Waals surface area contributed by atoms with E-state index in [0.717, 1.165) is 19.1 Å². The van der Waals surface area contributed by atoms with Gasteiger partial charge in [0.2, 0.25) is 0 Å². The van der Waals surface area contributed by atoms with E-state index in [-0.39, 0.29) is 11.3 Å². The summed E-state index contributed by atoms with van der Waals surface area (Å²) < 4.78 is 4.64. The van der Waals surface area contributed by atoms with Gasteiger partial charge in [0, 0.05) is 6.92 Å². The quantitative estimate of drug-likeness (QED) is 0.586. The SMILES string of the molecule is CC(=O)Oc1ccc(C(=O)O)c(C(=O)O)c1. The Morgan fingerprint density at radius 2 is 1.62 bits per heavy atom. The maximum atomic E-state index is 10.8. The average Bonchev–Trinajstić information content (AvgIpc) is 2.16. The van der Waals surface area contributed by atoms with Crippen LogP contribution in [0.1, 0.15) is 27.6 Å². The molecule has 16 heavy (non-hydrogen) atoms. The molecule has 0 spiro atoms. The van der Waals surface area contributed by atoms with Crippen LogP contribution in [-0.4, -0.2) is 28.1 Å². The van der Waals surface area contributed by atoms with Gasteiger partial charge in [-0.15, -0.1) is 0 Å². The molecule has 0 saturated heterocycles. The number of rotatable bonds is 3. The fraction of sp³-hybridized carbons (Fsp3) is 0.100. The van der Waals surface area contributed by atoms with Crippen molar-refractivity contribution in [2.24, 2.45) is 0 Å². The van der Waals surface area contributed by atoms with Crippen molar-refractivity contribution in [1.82, 2.24) is 0 Å². The lowest BCUT2D eigenvalue weighted by atomic mass is 10.1. The minimum Gasteiger partial charge on any atom is -0.478 e. The van der Waals surface area contributed by atoms with E-state index >= 15 is 0 Å². The molecule has 84 valence electrons. The van der Waals surface area contributed by atoms with Crippen molar-refractivity contribution >= 4 is 17.9 Å². The first-order chi connectivity index (χ1) is 7.41. The summed E-state index contributed by atoms with van der Waals surface area (Å²) in [4.78, 5) is 32.1. The minimum absolute atomic E-state index is 0.00472. The normalized spacial score (nSPS) is 9.56. The summed E-state index contributed by atoms with van der Waals surface area (Å²) in [6, 6.07) is 3.29. The van der Waals surface area contributed by atoms with Crippen molar-refractivity contribution < 1.29 is 29.3 Å². The Labute approximate surface area is 90.1 Å². The molecule has 0 aromatic heterocycles. The van der Waals surface area contributed by atoms with Crippen LogP contribution in [0.2, 0.25) is 0 Å². The predicted octanol–water partition coefficient (Wildman–Crippen LogP) is 1.01. The summed E-state index contributed by atoms with van der Waals surface area (Å²) in [5.74, 6) is -3.37. The summed E-state index contributed by atoms with van der Waals surface area (Å²) >= 11 is 0. The van der Waals surface area contributed by atoms with Crippen molar-refractivity contribution in [3.05, 3.63) is 29.3 Å². The zero-order valence-electron chi connectivity index (χ0n) is 8.26. The summed E-state index contributed by atoms with van der Waals surface area (Å²) in [6.07, 6.45) is 0. The third-order valence-electron chi connectivity index (χ3n) is 1.71. The highest BCUT2D eigenvalue weighted by Gasteiger charge is 2.17. The van der Waals surface area contributed by atoms with Crippen LogP contribution in [0.5, 0.6) is 5.75 Å². The fourth-order valence-corrected chi connectivity index (χ4v) is 1.12. The molecule has 0 amide bonds. The monoisotopic (exact) mass is 224 g/mol. The zero-order chi connectivity index (χ0) is 12.3. The van der Waals surface area contributed by atoms with Crippen molar-refractivity contribution in [2.75, 3.05) is 0 Å². The van der Waals surface area contributed by atoms with Gasteiger partial charge < -0.3 is 14.9 Å². The topological polar surface area (TPSA) is 101 Å². The van der Waals surface area contributed by atoms with Gasteiger partial charge in [0.1, 0.15) is 5.75 Å². The van der Waals surface area contributed by atoms with Crippen LogP contribution in [0.4, 0.5) is 0 Å². The Morgan fingerprint density at radius 1 is 1.06 bits per heavy atom. The molecule has 0 bridgehead atoms. The van der Waals surface area contributed by atoms with Crippen LogP contribution in [0.25, 0.3) is 0 Å². The molecule has 1 aromatic rings. The summed E-state index contributed by atoms with van der Waals surface area (Å²) in [7, 11) is 0. The number of hydrogen-bond donors (Lipinski definition) is 2. The molecule has 0 aliphatic rings. The number of carboxylic acid groups (broad SMARTS) is 2. The molecule has 0 atom stereocenters. The lowest BCUT2D eigenvalue weighted by Gasteiger charge is -2.05. The molecule has 0 saturated carbocycles. The fourth-order valence-electron chi connectivity index (χ4n) is 1.12.